The number of halogens is 2. The van der Waals surface area contributed by atoms with Gasteiger partial charge in [0, 0.05) is 24.7 Å². The van der Waals surface area contributed by atoms with E-state index in [2.05, 4.69) is 16.0 Å². The molecule has 0 saturated carbocycles. The van der Waals surface area contributed by atoms with Crippen LogP contribution in [0.15, 0.2) is 18.2 Å². The van der Waals surface area contributed by atoms with E-state index in [9.17, 15) is 9.59 Å². The minimum Gasteiger partial charge on any atom is -0.352 e. The first-order valence-corrected chi connectivity index (χ1v) is 8.44. The van der Waals surface area contributed by atoms with Gasteiger partial charge in [0.15, 0.2) is 0 Å². The summed E-state index contributed by atoms with van der Waals surface area (Å²) < 4.78 is 0. The lowest BCUT2D eigenvalue weighted by Crippen LogP contribution is -2.28. The Hall–Kier alpha value is -1.30. The van der Waals surface area contributed by atoms with Crippen molar-refractivity contribution in [3.8, 4) is 0 Å². The lowest BCUT2D eigenvalue weighted by molar-refractivity contribution is -0.116. The number of hydrogen-bond donors (Lipinski definition) is 3. The van der Waals surface area contributed by atoms with E-state index in [0.29, 0.717) is 35.2 Å². The summed E-state index contributed by atoms with van der Waals surface area (Å²) in [6, 6.07) is 5.22. The average Bonchev–Trinajstić information content (AvgIpc) is 2.97. The quantitative estimate of drug-likeness (QED) is 0.716. The first kappa shape index (κ1) is 20.7. The van der Waals surface area contributed by atoms with Crippen molar-refractivity contribution in [1.29, 1.82) is 0 Å². The maximum absolute atomic E-state index is 12.0. The second kappa shape index (κ2) is 9.87. The second-order valence-corrected chi connectivity index (χ2v) is 6.75. The predicted molar refractivity (Wildman–Crippen MR) is 100 cm³/mol. The SMILES string of the molecule is CC(C)CNC(=O)c1ccc(NC(=O)CC2CCCN2)cc1Cl.Cl. The number of benzene rings is 1. The third-order valence-electron chi connectivity index (χ3n) is 3.76. The van der Waals surface area contributed by atoms with Crippen molar-refractivity contribution in [3.63, 3.8) is 0 Å². The Morgan fingerprint density at radius 1 is 1.38 bits per heavy atom. The molecule has 1 atom stereocenters. The fourth-order valence-corrected chi connectivity index (χ4v) is 2.80. The molecule has 2 amide bonds. The highest BCUT2D eigenvalue weighted by Gasteiger charge is 2.18. The van der Waals surface area contributed by atoms with E-state index in [1.165, 1.54) is 0 Å². The summed E-state index contributed by atoms with van der Waals surface area (Å²) >= 11 is 6.17. The van der Waals surface area contributed by atoms with Crippen molar-refractivity contribution in [2.75, 3.05) is 18.4 Å². The number of carbonyl (C=O) groups excluding carboxylic acids is 2. The van der Waals surface area contributed by atoms with Crippen LogP contribution < -0.4 is 16.0 Å². The van der Waals surface area contributed by atoms with Crippen molar-refractivity contribution in [3.05, 3.63) is 28.8 Å². The molecule has 5 nitrogen and oxygen atoms in total. The van der Waals surface area contributed by atoms with Crippen LogP contribution in [0.25, 0.3) is 0 Å². The molecular weight excluding hydrogens is 349 g/mol. The van der Waals surface area contributed by atoms with Gasteiger partial charge in [-0.3, -0.25) is 9.59 Å². The van der Waals surface area contributed by atoms with E-state index >= 15 is 0 Å². The molecule has 0 spiro atoms. The highest BCUT2D eigenvalue weighted by molar-refractivity contribution is 6.34. The highest BCUT2D eigenvalue weighted by atomic mass is 35.5. The summed E-state index contributed by atoms with van der Waals surface area (Å²) in [5.74, 6) is 0.134. The number of amides is 2. The van der Waals surface area contributed by atoms with Gasteiger partial charge in [-0.1, -0.05) is 25.4 Å². The van der Waals surface area contributed by atoms with Crippen LogP contribution in [0.4, 0.5) is 5.69 Å². The van der Waals surface area contributed by atoms with Gasteiger partial charge in [0.25, 0.3) is 5.91 Å². The van der Waals surface area contributed by atoms with E-state index in [0.717, 1.165) is 19.4 Å². The van der Waals surface area contributed by atoms with Gasteiger partial charge in [0.2, 0.25) is 5.91 Å². The Bertz CT molecular complexity index is 573. The summed E-state index contributed by atoms with van der Waals surface area (Å²) in [6.07, 6.45) is 2.60. The van der Waals surface area contributed by atoms with E-state index in [4.69, 9.17) is 11.6 Å². The Labute approximate surface area is 154 Å². The third-order valence-corrected chi connectivity index (χ3v) is 4.08. The normalized spacial score (nSPS) is 16.6. The minimum atomic E-state index is -0.197. The second-order valence-electron chi connectivity index (χ2n) is 6.34. The summed E-state index contributed by atoms with van der Waals surface area (Å²) in [7, 11) is 0. The summed E-state index contributed by atoms with van der Waals surface area (Å²) in [4.78, 5) is 24.0. The Kier molecular flexibility index (Phi) is 8.53. The van der Waals surface area contributed by atoms with Crippen molar-refractivity contribution in [2.45, 2.75) is 39.2 Å². The fraction of sp³-hybridized carbons (Fsp3) is 0.529. The number of nitrogens with one attached hydrogen (secondary N) is 3. The van der Waals surface area contributed by atoms with Gasteiger partial charge in [-0.2, -0.15) is 0 Å². The smallest absolute Gasteiger partial charge is 0.252 e. The van der Waals surface area contributed by atoms with E-state index in [1.807, 2.05) is 13.8 Å². The maximum Gasteiger partial charge on any atom is 0.252 e. The van der Waals surface area contributed by atoms with Gasteiger partial charge in [0.1, 0.15) is 0 Å². The van der Waals surface area contributed by atoms with Crippen molar-refractivity contribution >= 4 is 41.5 Å². The molecule has 0 bridgehead atoms. The van der Waals surface area contributed by atoms with Crippen LogP contribution in [0.5, 0.6) is 0 Å². The zero-order valence-electron chi connectivity index (χ0n) is 14.0. The molecule has 1 aliphatic rings. The molecule has 1 saturated heterocycles. The molecule has 7 heteroatoms. The molecule has 1 aromatic rings. The molecule has 0 radical (unpaired) electrons. The predicted octanol–water partition coefficient (Wildman–Crippen LogP) is 3.23. The first-order valence-electron chi connectivity index (χ1n) is 8.06. The van der Waals surface area contributed by atoms with Crippen LogP contribution >= 0.6 is 24.0 Å². The van der Waals surface area contributed by atoms with Crippen LogP contribution in [-0.4, -0.2) is 30.9 Å². The summed E-state index contributed by atoms with van der Waals surface area (Å²) in [5.41, 5.74) is 1.03. The number of carbonyl (C=O) groups is 2. The van der Waals surface area contributed by atoms with Crippen molar-refractivity contribution in [1.82, 2.24) is 10.6 Å². The van der Waals surface area contributed by atoms with Crippen molar-refractivity contribution in [2.24, 2.45) is 5.92 Å². The first-order chi connectivity index (χ1) is 11.0. The van der Waals surface area contributed by atoms with Gasteiger partial charge in [-0.05, 0) is 43.5 Å². The lowest BCUT2D eigenvalue weighted by Gasteiger charge is -2.12. The molecule has 1 aromatic carbocycles. The molecule has 2 rings (SSSR count). The van der Waals surface area contributed by atoms with E-state index < -0.39 is 0 Å². The summed E-state index contributed by atoms with van der Waals surface area (Å²) in [5, 5.41) is 9.29. The van der Waals surface area contributed by atoms with Crippen molar-refractivity contribution < 1.29 is 9.59 Å². The summed E-state index contributed by atoms with van der Waals surface area (Å²) in [6.45, 7) is 5.63. The average molecular weight is 374 g/mol. The van der Waals surface area contributed by atoms with Gasteiger partial charge in [-0.25, -0.2) is 0 Å². The van der Waals surface area contributed by atoms with E-state index in [-0.39, 0.29) is 30.3 Å². The fourth-order valence-electron chi connectivity index (χ4n) is 2.54. The molecule has 24 heavy (non-hydrogen) atoms. The topological polar surface area (TPSA) is 70.2 Å². The molecule has 0 aliphatic carbocycles. The Morgan fingerprint density at radius 2 is 2.12 bits per heavy atom. The zero-order chi connectivity index (χ0) is 16.8. The van der Waals surface area contributed by atoms with Gasteiger partial charge >= 0.3 is 0 Å². The molecule has 1 unspecified atom stereocenters. The van der Waals surface area contributed by atoms with Crippen LogP contribution in [0.2, 0.25) is 5.02 Å². The molecule has 0 aromatic heterocycles. The number of hydrogen-bond acceptors (Lipinski definition) is 3. The lowest BCUT2D eigenvalue weighted by atomic mass is 10.1. The Morgan fingerprint density at radius 3 is 2.71 bits per heavy atom. The zero-order valence-corrected chi connectivity index (χ0v) is 15.6. The monoisotopic (exact) mass is 373 g/mol. The highest BCUT2D eigenvalue weighted by Crippen LogP contribution is 2.21. The Balaban J connectivity index is 0.00000288. The molecule has 1 fully saturated rings. The van der Waals surface area contributed by atoms with Crippen LogP contribution in [-0.2, 0) is 4.79 Å². The molecule has 134 valence electrons. The van der Waals surface area contributed by atoms with Gasteiger partial charge < -0.3 is 16.0 Å². The molecule has 1 heterocycles. The number of anilines is 1. The largest absolute Gasteiger partial charge is 0.352 e. The third kappa shape index (κ3) is 6.30. The van der Waals surface area contributed by atoms with Crippen LogP contribution in [0.1, 0.15) is 43.5 Å². The maximum atomic E-state index is 12.0. The van der Waals surface area contributed by atoms with Crippen LogP contribution in [0, 0.1) is 5.92 Å². The molecular formula is C17H25Cl2N3O2. The van der Waals surface area contributed by atoms with Gasteiger partial charge in [-0.15, -0.1) is 12.4 Å². The molecule has 1 aliphatic heterocycles. The minimum absolute atomic E-state index is 0. The number of rotatable bonds is 6. The molecule has 3 N–H and O–H groups in total. The van der Waals surface area contributed by atoms with Gasteiger partial charge in [0.05, 0.1) is 10.6 Å². The van der Waals surface area contributed by atoms with E-state index in [1.54, 1.807) is 18.2 Å². The van der Waals surface area contributed by atoms with Crippen LogP contribution in [0.3, 0.4) is 0 Å². The standard InChI is InChI=1S/C17H24ClN3O2.ClH/c1-11(2)10-20-17(23)14-6-5-13(8-15(14)18)21-16(22)9-12-4-3-7-19-12;/h5-6,8,11-12,19H,3-4,7,9-10H2,1-2H3,(H,20,23)(H,21,22);1H.